The van der Waals surface area contributed by atoms with Crippen molar-refractivity contribution in [2.45, 2.75) is 71.4 Å². The lowest BCUT2D eigenvalue weighted by Crippen LogP contribution is -2.55. The van der Waals surface area contributed by atoms with Crippen LogP contribution in [0.3, 0.4) is 0 Å². The topological polar surface area (TPSA) is 96.9 Å². The molecule has 0 aromatic carbocycles. The second kappa shape index (κ2) is 7.06. The molecule has 0 saturated heterocycles. The number of rotatable bonds is 5. The van der Waals surface area contributed by atoms with Gasteiger partial charge >= 0.3 is 5.69 Å². The van der Waals surface area contributed by atoms with E-state index in [1.54, 1.807) is 6.07 Å². The van der Waals surface area contributed by atoms with E-state index in [-0.39, 0.29) is 22.8 Å². The number of nitrogens with zero attached hydrogens (tertiary/aromatic N) is 2. The van der Waals surface area contributed by atoms with Crippen LogP contribution in [0.5, 0.6) is 0 Å². The van der Waals surface area contributed by atoms with E-state index in [0.717, 1.165) is 24.2 Å². The van der Waals surface area contributed by atoms with Gasteiger partial charge in [0.1, 0.15) is 5.65 Å². The summed E-state index contributed by atoms with van der Waals surface area (Å²) >= 11 is 0. The molecule has 7 heteroatoms. The summed E-state index contributed by atoms with van der Waals surface area (Å²) in [5, 5.41) is 3.50. The van der Waals surface area contributed by atoms with Crippen LogP contribution < -0.4 is 16.6 Å². The van der Waals surface area contributed by atoms with E-state index in [4.69, 9.17) is 0 Å². The van der Waals surface area contributed by atoms with Gasteiger partial charge in [-0.3, -0.25) is 19.1 Å². The Kier molecular flexibility index (Phi) is 4.60. The Hall–Kier alpha value is -2.44. The number of nitrogens with one attached hydrogen (secondary N) is 2. The minimum absolute atomic E-state index is 0.0985. The Bertz CT molecular complexity index is 1080. The predicted molar refractivity (Wildman–Crippen MR) is 114 cm³/mol. The molecular formula is C23H30N4O3. The van der Waals surface area contributed by atoms with Gasteiger partial charge in [0.15, 0.2) is 0 Å². The van der Waals surface area contributed by atoms with Crippen molar-refractivity contribution < 1.29 is 4.79 Å². The summed E-state index contributed by atoms with van der Waals surface area (Å²) in [5.74, 6) is 2.28. The third kappa shape index (κ3) is 3.10. The van der Waals surface area contributed by atoms with Gasteiger partial charge in [0.2, 0.25) is 0 Å². The monoisotopic (exact) mass is 410 g/mol. The van der Waals surface area contributed by atoms with Crippen LogP contribution in [-0.4, -0.2) is 26.5 Å². The van der Waals surface area contributed by atoms with Gasteiger partial charge in [-0.25, -0.2) is 9.78 Å². The highest BCUT2D eigenvalue weighted by Gasteiger charge is 2.53. The van der Waals surface area contributed by atoms with Crippen molar-refractivity contribution in [2.75, 3.05) is 0 Å². The van der Waals surface area contributed by atoms with Crippen LogP contribution >= 0.6 is 0 Å². The van der Waals surface area contributed by atoms with Crippen LogP contribution in [0.25, 0.3) is 11.0 Å². The molecule has 2 aromatic heterocycles. The van der Waals surface area contributed by atoms with Gasteiger partial charge in [-0.2, -0.15) is 0 Å². The van der Waals surface area contributed by atoms with Gasteiger partial charge in [0, 0.05) is 18.8 Å². The maximum Gasteiger partial charge on any atom is 0.329 e. The van der Waals surface area contributed by atoms with E-state index >= 15 is 0 Å². The van der Waals surface area contributed by atoms with Crippen molar-refractivity contribution in [1.82, 2.24) is 19.9 Å². The maximum absolute atomic E-state index is 13.0. The van der Waals surface area contributed by atoms with Crippen molar-refractivity contribution in [3.05, 3.63) is 38.7 Å². The molecule has 4 saturated carbocycles. The number of carbonyl (C=O) groups excluding carboxylic acids is 1. The van der Waals surface area contributed by atoms with Crippen LogP contribution in [0.4, 0.5) is 0 Å². The zero-order valence-electron chi connectivity index (χ0n) is 17.7. The minimum Gasteiger partial charge on any atom is -0.349 e. The first-order chi connectivity index (χ1) is 14.4. The molecule has 30 heavy (non-hydrogen) atoms. The molecule has 0 unspecified atom stereocenters. The van der Waals surface area contributed by atoms with Gasteiger partial charge in [-0.05, 0) is 81.1 Å². The van der Waals surface area contributed by atoms with Gasteiger partial charge in [-0.15, -0.1) is 0 Å². The predicted octanol–water partition coefficient (Wildman–Crippen LogP) is 2.83. The number of amides is 1. The number of carbonyl (C=O) groups is 1. The lowest BCUT2D eigenvalue weighted by molar-refractivity contribution is -0.0688. The maximum atomic E-state index is 13.0. The number of pyridine rings is 1. The molecule has 2 heterocycles. The average molecular weight is 411 g/mol. The zero-order valence-corrected chi connectivity index (χ0v) is 17.7. The fourth-order valence-electron chi connectivity index (χ4n) is 6.86. The summed E-state index contributed by atoms with van der Waals surface area (Å²) in [7, 11) is 0. The van der Waals surface area contributed by atoms with Crippen LogP contribution in [0.2, 0.25) is 0 Å². The van der Waals surface area contributed by atoms with E-state index in [2.05, 4.69) is 22.2 Å². The fraction of sp³-hybridized carbons (Fsp3) is 0.652. The van der Waals surface area contributed by atoms with Crippen molar-refractivity contribution in [3.8, 4) is 0 Å². The quantitative estimate of drug-likeness (QED) is 0.792. The van der Waals surface area contributed by atoms with Crippen LogP contribution in [0, 0.1) is 23.2 Å². The van der Waals surface area contributed by atoms with Crippen LogP contribution in [-0.2, 0) is 6.54 Å². The number of aromatic nitrogens is 3. The highest BCUT2D eigenvalue weighted by atomic mass is 16.2. The summed E-state index contributed by atoms with van der Waals surface area (Å²) in [6.45, 7) is 4.57. The van der Waals surface area contributed by atoms with Crippen molar-refractivity contribution in [2.24, 2.45) is 23.2 Å². The van der Waals surface area contributed by atoms with Crippen LogP contribution in [0.1, 0.15) is 69.2 Å². The first-order valence-corrected chi connectivity index (χ1v) is 11.3. The van der Waals surface area contributed by atoms with Gasteiger partial charge in [0.25, 0.3) is 11.5 Å². The number of aromatic amines is 1. The molecule has 4 aliphatic carbocycles. The summed E-state index contributed by atoms with van der Waals surface area (Å²) in [6, 6.07) is 1.66. The van der Waals surface area contributed by atoms with Gasteiger partial charge in [-0.1, -0.05) is 6.92 Å². The standard InChI is InChI=1S/C23H30N4O3/c1-3-4-27-19-18(21(29)26-22(27)30)8-17(12-24-19)20(28)25-13(2)23-9-14-5-15(10-23)7-16(6-14)11-23/h8,12-16H,3-7,9-11H2,1-2H3,(H,25,28)(H,26,29,30)/t13-,14?,15?,16?,23?/m0/s1. The molecule has 0 spiro atoms. The zero-order chi connectivity index (χ0) is 21.0. The van der Waals surface area contributed by atoms with E-state index in [1.807, 2.05) is 6.92 Å². The largest absolute Gasteiger partial charge is 0.349 e. The number of aryl methyl sites for hydroxylation is 1. The van der Waals surface area contributed by atoms with Gasteiger partial charge < -0.3 is 5.32 Å². The average Bonchev–Trinajstić information content (AvgIpc) is 2.69. The first kappa shape index (κ1) is 19.5. The third-order valence-electron chi connectivity index (χ3n) is 7.89. The SMILES string of the molecule is CCCn1c(=O)[nH]c(=O)c2cc(C(=O)N[C@@H](C)C34CC5CC(CC(C5)C3)C4)cnc21. The molecule has 6 rings (SSSR count). The lowest BCUT2D eigenvalue weighted by atomic mass is 9.48. The second-order valence-electron chi connectivity index (χ2n) is 9.98. The molecule has 4 fully saturated rings. The van der Waals surface area contributed by atoms with E-state index < -0.39 is 11.2 Å². The van der Waals surface area contributed by atoms with Gasteiger partial charge in [0.05, 0.1) is 10.9 Å². The highest BCUT2D eigenvalue weighted by Crippen LogP contribution is 2.61. The number of H-pyrrole nitrogens is 1. The summed E-state index contributed by atoms with van der Waals surface area (Å²) < 4.78 is 1.45. The molecule has 0 radical (unpaired) electrons. The smallest absolute Gasteiger partial charge is 0.329 e. The first-order valence-electron chi connectivity index (χ1n) is 11.3. The highest BCUT2D eigenvalue weighted by molar-refractivity contribution is 5.96. The number of hydrogen-bond acceptors (Lipinski definition) is 4. The molecule has 2 aromatic rings. The molecule has 4 bridgehead atoms. The second-order valence-corrected chi connectivity index (χ2v) is 9.98. The lowest BCUT2D eigenvalue weighted by Gasteiger charge is -2.59. The fourth-order valence-corrected chi connectivity index (χ4v) is 6.86. The van der Waals surface area contributed by atoms with E-state index in [1.165, 1.54) is 49.3 Å². The van der Waals surface area contributed by atoms with E-state index in [9.17, 15) is 14.4 Å². The number of fused-ring (bicyclic) bond motifs is 1. The molecule has 160 valence electrons. The van der Waals surface area contributed by atoms with Crippen LogP contribution in [0.15, 0.2) is 21.9 Å². The molecule has 2 N–H and O–H groups in total. The molecule has 7 nitrogen and oxygen atoms in total. The molecular weight excluding hydrogens is 380 g/mol. The Balaban J connectivity index is 1.41. The Morgan fingerprint density at radius 3 is 2.47 bits per heavy atom. The van der Waals surface area contributed by atoms with E-state index in [0.29, 0.717) is 17.8 Å². The molecule has 4 aliphatic rings. The molecule has 1 amide bonds. The number of hydrogen-bond donors (Lipinski definition) is 2. The summed E-state index contributed by atoms with van der Waals surface area (Å²) in [4.78, 5) is 44.2. The summed E-state index contributed by atoms with van der Waals surface area (Å²) in [5.41, 5.74) is -0.0518. The Morgan fingerprint density at radius 1 is 1.23 bits per heavy atom. The third-order valence-corrected chi connectivity index (χ3v) is 7.89. The molecule has 1 atom stereocenters. The normalized spacial score (nSPS) is 30.5. The minimum atomic E-state index is -0.501. The van der Waals surface area contributed by atoms with Crippen molar-refractivity contribution in [3.63, 3.8) is 0 Å². The van der Waals surface area contributed by atoms with Crippen molar-refractivity contribution in [1.29, 1.82) is 0 Å². The Labute approximate surface area is 175 Å². The molecule has 0 aliphatic heterocycles. The van der Waals surface area contributed by atoms with Crippen molar-refractivity contribution >= 4 is 16.9 Å². The summed E-state index contributed by atoms with van der Waals surface area (Å²) in [6.07, 6.45) is 10.0. The Morgan fingerprint density at radius 2 is 1.87 bits per heavy atom.